The molecule has 3 rings (SSSR count). The lowest BCUT2D eigenvalue weighted by Gasteiger charge is -2.07. The Labute approximate surface area is 114 Å². The van der Waals surface area contributed by atoms with Crippen molar-refractivity contribution in [2.24, 2.45) is 0 Å². The van der Waals surface area contributed by atoms with E-state index in [0.29, 0.717) is 18.0 Å². The van der Waals surface area contributed by atoms with Crippen LogP contribution in [0.15, 0.2) is 24.7 Å². The number of hydrogen-bond acceptors (Lipinski definition) is 5. The number of nitrogens with one attached hydrogen (secondary N) is 2. The molecular formula is C12H11ClN6. The summed E-state index contributed by atoms with van der Waals surface area (Å²) in [4.78, 5) is 19.4. The Bertz CT molecular complexity index is 723. The summed E-state index contributed by atoms with van der Waals surface area (Å²) >= 11 is 5.86. The maximum atomic E-state index is 5.86. The maximum Gasteiger partial charge on any atom is 0.226 e. The molecule has 3 heterocycles. The molecule has 0 radical (unpaired) electrons. The van der Waals surface area contributed by atoms with Gasteiger partial charge in [0.15, 0.2) is 11.5 Å². The zero-order valence-corrected chi connectivity index (χ0v) is 10.9. The van der Waals surface area contributed by atoms with E-state index in [1.807, 2.05) is 19.1 Å². The van der Waals surface area contributed by atoms with Crippen LogP contribution in [-0.4, -0.2) is 24.9 Å². The van der Waals surface area contributed by atoms with Gasteiger partial charge in [0.2, 0.25) is 5.28 Å². The molecule has 3 aromatic heterocycles. The van der Waals surface area contributed by atoms with Gasteiger partial charge < -0.3 is 10.3 Å². The maximum absolute atomic E-state index is 5.86. The fourth-order valence-corrected chi connectivity index (χ4v) is 2.00. The minimum absolute atomic E-state index is 0.174. The number of pyridine rings is 1. The summed E-state index contributed by atoms with van der Waals surface area (Å²) in [5, 5.41) is 3.40. The number of anilines is 1. The number of nitrogens with zero attached hydrogens (tertiary/aromatic N) is 4. The fraction of sp³-hybridized carbons (Fsp3) is 0.167. The molecule has 0 saturated carbocycles. The van der Waals surface area contributed by atoms with Crippen LogP contribution in [0.1, 0.15) is 11.3 Å². The van der Waals surface area contributed by atoms with Crippen molar-refractivity contribution in [1.82, 2.24) is 24.9 Å². The van der Waals surface area contributed by atoms with E-state index in [9.17, 15) is 0 Å². The molecule has 2 N–H and O–H groups in total. The highest BCUT2D eigenvalue weighted by Crippen LogP contribution is 2.19. The molecule has 6 nitrogen and oxygen atoms in total. The Morgan fingerprint density at radius 2 is 2.21 bits per heavy atom. The van der Waals surface area contributed by atoms with Gasteiger partial charge in [0.1, 0.15) is 5.52 Å². The lowest BCUT2D eigenvalue weighted by Crippen LogP contribution is -2.03. The number of aromatic amines is 1. The second-order valence-corrected chi connectivity index (χ2v) is 4.44. The summed E-state index contributed by atoms with van der Waals surface area (Å²) < 4.78 is 0. The largest absolute Gasteiger partial charge is 0.364 e. The minimum atomic E-state index is 0.174. The predicted octanol–water partition coefficient (Wildman–Crippen LogP) is 2.32. The lowest BCUT2D eigenvalue weighted by atomic mass is 10.2. The van der Waals surface area contributed by atoms with E-state index in [-0.39, 0.29) is 5.28 Å². The van der Waals surface area contributed by atoms with Crippen molar-refractivity contribution in [3.05, 3.63) is 41.2 Å². The SMILES string of the molecule is Cc1cc(CNc2nc(Cl)nc3nc[nH]c23)ccn1. The van der Waals surface area contributed by atoms with Crippen LogP contribution >= 0.6 is 11.6 Å². The molecule has 0 aliphatic rings. The molecule has 0 saturated heterocycles. The fourth-order valence-electron chi connectivity index (χ4n) is 1.83. The second kappa shape index (κ2) is 4.81. The minimum Gasteiger partial charge on any atom is -0.364 e. The van der Waals surface area contributed by atoms with E-state index in [2.05, 4.69) is 30.2 Å². The van der Waals surface area contributed by atoms with Gasteiger partial charge in [-0.3, -0.25) is 4.98 Å². The summed E-state index contributed by atoms with van der Waals surface area (Å²) in [6.07, 6.45) is 3.35. The average Bonchev–Trinajstić information content (AvgIpc) is 2.84. The first-order valence-corrected chi connectivity index (χ1v) is 6.12. The van der Waals surface area contributed by atoms with E-state index in [1.54, 1.807) is 12.5 Å². The Morgan fingerprint density at radius 1 is 1.32 bits per heavy atom. The number of aromatic nitrogens is 5. The van der Waals surface area contributed by atoms with Crippen LogP contribution in [0.25, 0.3) is 11.2 Å². The molecule has 3 aromatic rings. The number of halogens is 1. The van der Waals surface area contributed by atoms with Gasteiger partial charge in [-0.25, -0.2) is 4.98 Å². The van der Waals surface area contributed by atoms with E-state index in [4.69, 9.17) is 11.6 Å². The summed E-state index contributed by atoms with van der Waals surface area (Å²) in [6, 6.07) is 3.97. The molecule has 0 amide bonds. The molecule has 0 aliphatic heterocycles. The number of aryl methyl sites for hydroxylation is 1. The topological polar surface area (TPSA) is 79.4 Å². The summed E-state index contributed by atoms with van der Waals surface area (Å²) in [5.74, 6) is 0.641. The van der Waals surface area contributed by atoms with Crippen molar-refractivity contribution in [3.8, 4) is 0 Å². The number of rotatable bonds is 3. The van der Waals surface area contributed by atoms with Crippen LogP contribution in [0.4, 0.5) is 5.82 Å². The van der Waals surface area contributed by atoms with Gasteiger partial charge in [-0.1, -0.05) is 0 Å². The first kappa shape index (κ1) is 11.9. The van der Waals surface area contributed by atoms with Gasteiger partial charge in [-0.15, -0.1) is 0 Å². The highest BCUT2D eigenvalue weighted by Gasteiger charge is 2.08. The van der Waals surface area contributed by atoms with Gasteiger partial charge in [-0.05, 0) is 36.2 Å². The van der Waals surface area contributed by atoms with Gasteiger partial charge in [0, 0.05) is 18.4 Å². The van der Waals surface area contributed by atoms with Gasteiger partial charge >= 0.3 is 0 Å². The third-order valence-electron chi connectivity index (χ3n) is 2.68. The van der Waals surface area contributed by atoms with Crippen LogP contribution in [0.5, 0.6) is 0 Å². The molecule has 96 valence electrons. The summed E-state index contributed by atoms with van der Waals surface area (Å²) in [5.41, 5.74) is 3.39. The standard InChI is InChI=1S/C12H11ClN6/c1-7-4-8(2-3-14-7)5-15-10-9-11(17-6-16-9)19-12(13)18-10/h2-4,6H,5H2,1H3,(H2,15,16,17,18,19). The van der Waals surface area contributed by atoms with Crippen LogP contribution < -0.4 is 5.32 Å². The van der Waals surface area contributed by atoms with E-state index in [1.165, 1.54) is 0 Å². The van der Waals surface area contributed by atoms with E-state index in [0.717, 1.165) is 16.8 Å². The van der Waals surface area contributed by atoms with Gasteiger partial charge in [0.05, 0.1) is 6.33 Å². The number of hydrogen-bond donors (Lipinski definition) is 2. The lowest BCUT2D eigenvalue weighted by molar-refractivity contribution is 1.07. The van der Waals surface area contributed by atoms with E-state index >= 15 is 0 Å². The highest BCUT2D eigenvalue weighted by atomic mass is 35.5. The predicted molar refractivity (Wildman–Crippen MR) is 73.0 cm³/mol. The summed E-state index contributed by atoms with van der Waals surface area (Å²) in [6.45, 7) is 2.59. The molecular weight excluding hydrogens is 264 g/mol. The number of fused-ring (bicyclic) bond motifs is 1. The Balaban J connectivity index is 1.87. The molecule has 0 aliphatic carbocycles. The smallest absolute Gasteiger partial charge is 0.226 e. The first-order chi connectivity index (χ1) is 9.22. The Kier molecular flexibility index (Phi) is 3.00. The van der Waals surface area contributed by atoms with Gasteiger partial charge in [-0.2, -0.15) is 9.97 Å². The number of imidazole rings is 1. The van der Waals surface area contributed by atoms with Crippen molar-refractivity contribution in [2.45, 2.75) is 13.5 Å². The molecule has 0 fully saturated rings. The van der Waals surface area contributed by atoms with Crippen molar-refractivity contribution < 1.29 is 0 Å². The highest BCUT2D eigenvalue weighted by molar-refractivity contribution is 6.28. The zero-order valence-electron chi connectivity index (χ0n) is 10.2. The summed E-state index contributed by atoms with van der Waals surface area (Å²) in [7, 11) is 0. The molecule has 0 unspecified atom stereocenters. The van der Waals surface area contributed by atoms with Crippen LogP contribution in [0.2, 0.25) is 5.28 Å². The Morgan fingerprint density at radius 3 is 3.05 bits per heavy atom. The van der Waals surface area contributed by atoms with Crippen LogP contribution in [-0.2, 0) is 6.54 Å². The Hall–Kier alpha value is -2.21. The zero-order chi connectivity index (χ0) is 13.2. The third kappa shape index (κ3) is 2.48. The average molecular weight is 275 g/mol. The third-order valence-corrected chi connectivity index (χ3v) is 2.85. The van der Waals surface area contributed by atoms with Gasteiger partial charge in [0.25, 0.3) is 0 Å². The monoisotopic (exact) mass is 274 g/mol. The molecule has 0 aromatic carbocycles. The quantitative estimate of drug-likeness (QED) is 0.717. The van der Waals surface area contributed by atoms with Crippen molar-refractivity contribution >= 4 is 28.6 Å². The molecule has 7 heteroatoms. The molecule has 0 bridgehead atoms. The van der Waals surface area contributed by atoms with E-state index < -0.39 is 0 Å². The normalized spacial score (nSPS) is 10.8. The first-order valence-electron chi connectivity index (χ1n) is 5.74. The molecule has 19 heavy (non-hydrogen) atoms. The molecule has 0 spiro atoms. The van der Waals surface area contributed by atoms with Crippen molar-refractivity contribution in [3.63, 3.8) is 0 Å². The number of H-pyrrole nitrogens is 1. The van der Waals surface area contributed by atoms with Crippen LogP contribution in [0.3, 0.4) is 0 Å². The second-order valence-electron chi connectivity index (χ2n) is 4.10. The van der Waals surface area contributed by atoms with Crippen molar-refractivity contribution in [1.29, 1.82) is 0 Å². The van der Waals surface area contributed by atoms with Crippen LogP contribution in [0, 0.1) is 6.92 Å². The molecule has 0 atom stereocenters. The van der Waals surface area contributed by atoms with Crippen molar-refractivity contribution in [2.75, 3.05) is 5.32 Å².